The molecule has 0 saturated carbocycles. The number of nitrogens with two attached hydrogens (primary N) is 1. The molecule has 0 unspecified atom stereocenters. The number of fused-ring (bicyclic) bond motifs is 1. The molecule has 8 nitrogen and oxygen atoms in total. The normalized spacial score (nSPS) is 18.5. The van der Waals surface area contributed by atoms with E-state index in [0.29, 0.717) is 24.5 Å². The summed E-state index contributed by atoms with van der Waals surface area (Å²) in [5, 5.41) is 0. The topological polar surface area (TPSA) is 108 Å². The first-order chi connectivity index (χ1) is 10.9. The molecule has 0 aromatic heterocycles. The summed E-state index contributed by atoms with van der Waals surface area (Å²) >= 11 is 0.988. The van der Waals surface area contributed by atoms with Crippen LogP contribution in [0.15, 0.2) is 31.8 Å². The summed E-state index contributed by atoms with van der Waals surface area (Å²) in [6.07, 6.45) is 0. The van der Waals surface area contributed by atoms with Crippen LogP contribution in [-0.4, -0.2) is 55.8 Å². The summed E-state index contributed by atoms with van der Waals surface area (Å²) in [6, 6.07) is 4.36. The van der Waals surface area contributed by atoms with Crippen molar-refractivity contribution in [3.05, 3.63) is 18.2 Å². The van der Waals surface area contributed by atoms with Crippen molar-refractivity contribution in [1.82, 2.24) is 9.21 Å². The Hall–Kier alpha value is -1.33. The third-order valence-corrected chi connectivity index (χ3v) is 6.28. The number of carbonyl (C=O) groups excluding carboxylic acids is 1. The van der Waals surface area contributed by atoms with Crippen molar-refractivity contribution in [1.29, 1.82) is 0 Å². The van der Waals surface area contributed by atoms with Crippen molar-refractivity contribution in [2.45, 2.75) is 17.9 Å². The van der Waals surface area contributed by atoms with Gasteiger partial charge in [0.1, 0.15) is 16.3 Å². The molecule has 2 N–H and O–H groups in total. The first kappa shape index (κ1) is 19.0. The zero-order valence-corrected chi connectivity index (χ0v) is 15.4. The summed E-state index contributed by atoms with van der Waals surface area (Å²) in [4.78, 5) is 13.6. The maximum Gasteiger partial charge on any atom is 0.245 e. The molecule has 1 aromatic carbocycles. The van der Waals surface area contributed by atoms with Gasteiger partial charge < -0.3 is 10.6 Å². The average molecular weight is 392 g/mol. The lowest BCUT2D eigenvalue weighted by Crippen LogP contribution is -2.53. The van der Waals surface area contributed by atoms with Gasteiger partial charge in [-0.3, -0.25) is 4.79 Å². The van der Waals surface area contributed by atoms with Gasteiger partial charge in [0.05, 0.1) is 17.4 Å². The lowest BCUT2D eigenvalue weighted by atomic mass is 10.2. The highest BCUT2D eigenvalue weighted by molar-refractivity contribution is 7.89. The minimum atomic E-state index is -3.66. The molecular formula is C13H18ClN5O3S2. The van der Waals surface area contributed by atoms with Crippen LogP contribution in [0.5, 0.6) is 0 Å². The van der Waals surface area contributed by atoms with Gasteiger partial charge in [-0.1, -0.05) is 6.07 Å². The lowest BCUT2D eigenvalue weighted by molar-refractivity contribution is -0.133. The van der Waals surface area contributed by atoms with Crippen molar-refractivity contribution < 1.29 is 13.2 Å². The predicted molar refractivity (Wildman–Crippen MR) is 94.2 cm³/mol. The zero-order valence-electron chi connectivity index (χ0n) is 13.0. The van der Waals surface area contributed by atoms with Crippen LogP contribution in [0.1, 0.15) is 6.92 Å². The fraction of sp³-hybridized carbons (Fsp3) is 0.462. The predicted octanol–water partition coefficient (Wildman–Crippen LogP) is 1.01. The highest BCUT2D eigenvalue weighted by Gasteiger charge is 2.33. The monoisotopic (exact) mass is 391 g/mol. The molecule has 2 heterocycles. The second-order valence-electron chi connectivity index (χ2n) is 5.41. The van der Waals surface area contributed by atoms with Crippen molar-refractivity contribution in [2.24, 2.45) is 14.5 Å². The van der Waals surface area contributed by atoms with Gasteiger partial charge in [-0.2, -0.15) is 13.0 Å². The number of sulfonamides is 1. The van der Waals surface area contributed by atoms with Gasteiger partial charge in [-0.05, 0) is 19.1 Å². The summed E-state index contributed by atoms with van der Waals surface area (Å²) in [5.41, 5.74) is 6.56. The van der Waals surface area contributed by atoms with Crippen LogP contribution >= 0.6 is 12.4 Å². The van der Waals surface area contributed by atoms with E-state index in [0.717, 1.165) is 11.4 Å². The third-order valence-electron chi connectivity index (χ3n) is 3.81. The first-order valence-electron chi connectivity index (χ1n) is 7.17. The van der Waals surface area contributed by atoms with Crippen molar-refractivity contribution >= 4 is 51.1 Å². The number of amides is 1. The van der Waals surface area contributed by atoms with Crippen molar-refractivity contribution in [2.75, 3.05) is 26.2 Å². The SMILES string of the molecule is C[C@@H](N)C(=O)N1CCN(S(=O)(=O)c2cccc3c2N=S=N3)CC1.Cl. The van der Waals surface area contributed by atoms with Gasteiger partial charge in [0.25, 0.3) is 0 Å². The molecule has 11 heteroatoms. The molecule has 0 aliphatic carbocycles. The van der Waals surface area contributed by atoms with Crippen molar-refractivity contribution in [3.63, 3.8) is 0 Å². The number of nitrogens with zero attached hydrogens (tertiary/aromatic N) is 4. The van der Waals surface area contributed by atoms with Gasteiger partial charge in [-0.25, -0.2) is 8.42 Å². The molecule has 0 bridgehead atoms. The molecule has 24 heavy (non-hydrogen) atoms. The summed E-state index contributed by atoms with van der Waals surface area (Å²) in [7, 11) is -3.66. The van der Waals surface area contributed by atoms with Gasteiger partial charge in [0.15, 0.2) is 0 Å². The Kier molecular flexibility index (Phi) is 5.76. The number of hydrogen-bond donors (Lipinski definition) is 1. The lowest BCUT2D eigenvalue weighted by Gasteiger charge is -2.34. The maximum absolute atomic E-state index is 12.8. The van der Waals surface area contributed by atoms with E-state index in [1.54, 1.807) is 30.0 Å². The number of hydrogen-bond acceptors (Lipinski definition) is 6. The molecular weight excluding hydrogens is 374 g/mol. The molecule has 132 valence electrons. The Morgan fingerprint density at radius 1 is 1.25 bits per heavy atom. The summed E-state index contributed by atoms with van der Waals surface area (Å²) in [5.74, 6) is -0.159. The molecule has 1 aromatic rings. The molecule has 2 aliphatic heterocycles. The Morgan fingerprint density at radius 2 is 1.92 bits per heavy atom. The van der Waals surface area contributed by atoms with E-state index in [1.165, 1.54) is 4.31 Å². The Balaban J connectivity index is 0.00000208. The Bertz CT molecular complexity index is 813. The zero-order chi connectivity index (χ0) is 16.6. The van der Waals surface area contributed by atoms with Crippen LogP contribution in [0.3, 0.4) is 0 Å². The van der Waals surface area contributed by atoms with E-state index < -0.39 is 16.1 Å². The fourth-order valence-corrected chi connectivity index (χ4v) is 4.74. The smallest absolute Gasteiger partial charge is 0.245 e. The Morgan fingerprint density at radius 3 is 2.54 bits per heavy atom. The van der Waals surface area contributed by atoms with Crippen LogP contribution in [0.4, 0.5) is 11.4 Å². The van der Waals surface area contributed by atoms with Crippen LogP contribution in [0, 0.1) is 0 Å². The fourth-order valence-electron chi connectivity index (χ4n) is 2.57. The minimum Gasteiger partial charge on any atom is -0.339 e. The van der Waals surface area contributed by atoms with Crippen molar-refractivity contribution in [3.8, 4) is 0 Å². The summed E-state index contributed by atoms with van der Waals surface area (Å²) < 4.78 is 35.2. The average Bonchev–Trinajstić information content (AvgIpc) is 3.02. The van der Waals surface area contributed by atoms with Crippen LogP contribution in [0.2, 0.25) is 0 Å². The molecule has 0 spiro atoms. The number of halogens is 1. The van der Waals surface area contributed by atoms with Gasteiger partial charge in [-0.15, -0.1) is 12.4 Å². The van der Waals surface area contributed by atoms with E-state index >= 15 is 0 Å². The largest absolute Gasteiger partial charge is 0.339 e. The molecule has 1 saturated heterocycles. The van der Waals surface area contributed by atoms with Crippen LogP contribution < -0.4 is 5.73 Å². The molecule has 0 radical (unpaired) electrons. The summed E-state index contributed by atoms with van der Waals surface area (Å²) in [6.45, 7) is 2.79. The number of rotatable bonds is 3. The number of benzene rings is 1. The third kappa shape index (κ3) is 3.38. The Labute approximate surface area is 150 Å². The minimum absolute atomic E-state index is 0. The second-order valence-corrected chi connectivity index (χ2v) is 7.84. The molecule has 1 amide bonds. The van der Waals surface area contributed by atoms with E-state index in [-0.39, 0.29) is 36.3 Å². The standard InChI is InChI=1S/C13H17N5O3S2.ClH/c1-9(14)13(19)17-5-7-18(8-6-17)23(20,21)11-4-2-3-10-12(11)16-22-15-10;/h2-4,9H,5-8,14H2,1H3;1H/t9-;/m1./s1. The number of carbonyl (C=O) groups is 1. The van der Waals surface area contributed by atoms with Crippen LogP contribution in [0.25, 0.3) is 0 Å². The quantitative estimate of drug-likeness (QED) is 0.842. The van der Waals surface area contributed by atoms with Crippen LogP contribution in [-0.2, 0) is 26.2 Å². The van der Waals surface area contributed by atoms with E-state index in [4.69, 9.17) is 5.73 Å². The molecule has 3 rings (SSSR count). The second kappa shape index (κ2) is 7.28. The number of piperazine rings is 1. The van der Waals surface area contributed by atoms with E-state index in [2.05, 4.69) is 8.73 Å². The van der Waals surface area contributed by atoms with E-state index in [9.17, 15) is 13.2 Å². The van der Waals surface area contributed by atoms with Gasteiger partial charge >= 0.3 is 0 Å². The van der Waals surface area contributed by atoms with Gasteiger partial charge in [0.2, 0.25) is 15.9 Å². The molecule has 1 fully saturated rings. The van der Waals surface area contributed by atoms with E-state index in [1.807, 2.05) is 0 Å². The molecule has 1 atom stereocenters. The maximum atomic E-state index is 12.8. The first-order valence-corrected chi connectivity index (χ1v) is 9.34. The van der Waals surface area contributed by atoms with Gasteiger partial charge in [0, 0.05) is 26.2 Å². The molecule has 2 aliphatic rings. The highest BCUT2D eigenvalue weighted by atomic mass is 35.5. The highest BCUT2D eigenvalue weighted by Crippen LogP contribution is 2.38.